The topological polar surface area (TPSA) is 75.8 Å². The molecule has 1 aliphatic heterocycles. The van der Waals surface area contributed by atoms with Gasteiger partial charge in [-0.2, -0.15) is 4.98 Å². The molecule has 0 aliphatic carbocycles. The van der Waals surface area contributed by atoms with Gasteiger partial charge in [-0.05, 0) is 70.2 Å². The van der Waals surface area contributed by atoms with Crippen molar-refractivity contribution in [2.75, 3.05) is 13.2 Å². The fourth-order valence-electron chi connectivity index (χ4n) is 3.18. The van der Waals surface area contributed by atoms with E-state index < -0.39 is 5.79 Å². The Morgan fingerprint density at radius 3 is 2.52 bits per heavy atom. The highest BCUT2D eigenvalue weighted by atomic mass is 35.5. The predicted molar refractivity (Wildman–Crippen MR) is 116 cm³/mol. The lowest BCUT2D eigenvalue weighted by atomic mass is 10.2. The molecule has 0 amide bonds. The fraction of sp³-hybridized carbons (Fsp3) is 0.391. The maximum Gasteiger partial charge on any atom is 0.258 e. The van der Waals surface area contributed by atoms with Crippen molar-refractivity contribution >= 4 is 11.6 Å². The summed E-state index contributed by atoms with van der Waals surface area (Å²) in [5.41, 5.74) is 1.54. The maximum absolute atomic E-state index is 6.32. The molecule has 2 heterocycles. The van der Waals surface area contributed by atoms with E-state index in [1.54, 1.807) is 12.1 Å². The smallest absolute Gasteiger partial charge is 0.258 e. The summed E-state index contributed by atoms with van der Waals surface area (Å²) in [5, 5.41) is 4.57. The Morgan fingerprint density at radius 1 is 1.13 bits per heavy atom. The van der Waals surface area contributed by atoms with Gasteiger partial charge >= 0.3 is 0 Å². The SMILES string of the molecule is CC(C)Oc1ccc(-c2noc(-c3ccc(OCC4COC(C)(C)O4)cc3)n2)cc1Cl. The van der Waals surface area contributed by atoms with E-state index >= 15 is 0 Å². The second-order valence-electron chi connectivity index (χ2n) is 8.02. The van der Waals surface area contributed by atoms with Crippen molar-refractivity contribution in [1.29, 1.82) is 0 Å². The molecule has 0 saturated carbocycles. The van der Waals surface area contributed by atoms with Crippen LogP contribution < -0.4 is 9.47 Å². The fourth-order valence-corrected chi connectivity index (χ4v) is 3.40. The summed E-state index contributed by atoms with van der Waals surface area (Å²) in [6.07, 6.45) is -0.0460. The van der Waals surface area contributed by atoms with Gasteiger partial charge in [0, 0.05) is 11.1 Å². The van der Waals surface area contributed by atoms with E-state index in [4.69, 9.17) is 35.1 Å². The van der Waals surface area contributed by atoms with Gasteiger partial charge in [0.15, 0.2) is 5.79 Å². The summed E-state index contributed by atoms with van der Waals surface area (Å²) < 4.78 is 28.2. The van der Waals surface area contributed by atoms with Gasteiger partial charge in [-0.25, -0.2) is 0 Å². The summed E-state index contributed by atoms with van der Waals surface area (Å²) in [7, 11) is 0. The average Bonchev–Trinajstić information content (AvgIpc) is 3.35. The molecule has 1 atom stereocenters. The van der Waals surface area contributed by atoms with Crippen LogP contribution in [0.5, 0.6) is 11.5 Å². The van der Waals surface area contributed by atoms with Crippen LogP contribution in [-0.2, 0) is 9.47 Å². The lowest BCUT2D eigenvalue weighted by molar-refractivity contribution is -0.141. The highest BCUT2D eigenvalue weighted by Crippen LogP contribution is 2.31. The zero-order chi connectivity index (χ0) is 22.0. The molecular weight excluding hydrogens is 420 g/mol. The predicted octanol–water partition coefficient (Wildman–Crippen LogP) is 5.37. The molecule has 1 fully saturated rings. The van der Waals surface area contributed by atoms with E-state index in [2.05, 4.69) is 10.1 Å². The van der Waals surface area contributed by atoms with Gasteiger partial charge in [0.05, 0.1) is 17.7 Å². The molecule has 31 heavy (non-hydrogen) atoms. The van der Waals surface area contributed by atoms with Crippen molar-refractivity contribution in [1.82, 2.24) is 10.1 Å². The number of hydrogen-bond acceptors (Lipinski definition) is 7. The number of nitrogens with zero attached hydrogens (tertiary/aromatic N) is 2. The molecular formula is C23H25ClN2O5. The van der Waals surface area contributed by atoms with Crippen molar-refractivity contribution in [2.45, 2.75) is 45.7 Å². The summed E-state index contributed by atoms with van der Waals surface area (Å²) in [4.78, 5) is 4.48. The van der Waals surface area contributed by atoms with E-state index in [0.717, 1.165) is 16.9 Å². The van der Waals surface area contributed by atoms with Crippen molar-refractivity contribution < 1.29 is 23.5 Å². The van der Waals surface area contributed by atoms with Gasteiger partial charge in [-0.3, -0.25) is 0 Å². The molecule has 4 rings (SSSR count). The third kappa shape index (κ3) is 5.36. The second-order valence-corrected chi connectivity index (χ2v) is 8.43. The van der Waals surface area contributed by atoms with E-state index in [9.17, 15) is 0 Å². The zero-order valence-electron chi connectivity index (χ0n) is 17.9. The van der Waals surface area contributed by atoms with Gasteiger partial charge in [0.25, 0.3) is 5.89 Å². The first-order valence-corrected chi connectivity index (χ1v) is 10.5. The lowest BCUT2D eigenvalue weighted by Gasteiger charge is -2.17. The van der Waals surface area contributed by atoms with Crippen LogP contribution >= 0.6 is 11.6 Å². The monoisotopic (exact) mass is 444 g/mol. The third-order valence-electron chi connectivity index (χ3n) is 4.58. The lowest BCUT2D eigenvalue weighted by Crippen LogP contribution is -2.25. The first-order valence-electron chi connectivity index (χ1n) is 10.1. The van der Waals surface area contributed by atoms with Gasteiger partial charge in [-0.1, -0.05) is 16.8 Å². The van der Waals surface area contributed by atoms with Gasteiger partial charge in [0.1, 0.15) is 24.2 Å². The van der Waals surface area contributed by atoms with Crippen molar-refractivity contribution in [2.24, 2.45) is 0 Å². The Morgan fingerprint density at radius 2 is 1.87 bits per heavy atom. The van der Waals surface area contributed by atoms with Crippen molar-refractivity contribution in [3.63, 3.8) is 0 Å². The van der Waals surface area contributed by atoms with E-state index in [1.165, 1.54) is 0 Å². The first kappa shape index (κ1) is 21.6. The molecule has 164 valence electrons. The molecule has 1 saturated heterocycles. The van der Waals surface area contributed by atoms with Crippen LogP contribution in [0.15, 0.2) is 47.0 Å². The number of aromatic nitrogens is 2. The van der Waals surface area contributed by atoms with Crippen molar-refractivity contribution in [3.05, 3.63) is 47.5 Å². The van der Waals surface area contributed by atoms with Crippen LogP contribution in [0.25, 0.3) is 22.8 Å². The molecule has 7 nitrogen and oxygen atoms in total. The molecule has 0 spiro atoms. The van der Waals surface area contributed by atoms with E-state index in [-0.39, 0.29) is 12.2 Å². The van der Waals surface area contributed by atoms with Crippen molar-refractivity contribution in [3.8, 4) is 34.3 Å². The molecule has 0 radical (unpaired) electrons. The quantitative estimate of drug-likeness (QED) is 0.484. The Labute approximate surface area is 186 Å². The summed E-state index contributed by atoms with van der Waals surface area (Å²) in [6.45, 7) is 8.62. The van der Waals surface area contributed by atoms with Crippen LogP contribution in [0, 0.1) is 0 Å². The van der Waals surface area contributed by atoms with Crippen LogP contribution in [0.3, 0.4) is 0 Å². The molecule has 1 aromatic heterocycles. The Hall–Kier alpha value is -2.61. The molecule has 1 aliphatic rings. The maximum atomic E-state index is 6.32. The number of ether oxygens (including phenoxy) is 4. The van der Waals surface area contributed by atoms with Gasteiger partial charge < -0.3 is 23.5 Å². The molecule has 8 heteroatoms. The first-order chi connectivity index (χ1) is 14.8. The number of hydrogen-bond donors (Lipinski definition) is 0. The summed E-state index contributed by atoms with van der Waals surface area (Å²) in [6, 6.07) is 12.9. The summed E-state index contributed by atoms with van der Waals surface area (Å²) >= 11 is 6.32. The zero-order valence-corrected chi connectivity index (χ0v) is 18.7. The minimum Gasteiger partial charge on any atom is -0.491 e. The minimum absolute atomic E-state index is 0.0398. The van der Waals surface area contributed by atoms with Crippen LogP contribution in [0.1, 0.15) is 27.7 Å². The standard InChI is InChI=1S/C23H25ClN2O5/c1-14(2)29-20-10-7-16(11-19(20)24)21-25-22(31-26-21)15-5-8-17(9-6-15)27-12-18-13-28-23(3,4)30-18/h5-11,14,18H,12-13H2,1-4H3. The normalized spacial score (nSPS) is 17.8. The number of halogens is 1. The van der Waals surface area contributed by atoms with E-state index in [1.807, 2.05) is 58.0 Å². The van der Waals surface area contributed by atoms with Gasteiger partial charge in [-0.15, -0.1) is 0 Å². The molecule has 0 N–H and O–H groups in total. The van der Waals surface area contributed by atoms with Crippen LogP contribution in [0.4, 0.5) is 0 Å². The summed E-state index contributed by atoms with van der Waals surface area (Å²) in [5.74, 6) is 1.66. The Balaban J connectivity index is 1.40. The minimum atomic E-state index is -0.556. The Kier molecular flexibility index (Phi) is 6.18. The highest BCUT2D eigenvalue weighted by Gasteiger charge is 2.32. The molecule has 3 aromatic rings. The molecule has 0 bridgehead atoms. The van der Waals surface area contributed by atoms with Crippen LogP contribution in [-0.4, -0.2) is 41.3 Å². The van der Waals surface area contributed by atoms with E-state index in [0.29, 0.717) is 35.7 Å². The number of rotatable bonds is 7. The molecule has 2 aromatic carbocycles. The Bertz CT molecular complexity index is 1030. The highest BCUT2D eigenvalue weighted by molar-refractivity contribution is 6.32. The second kappa shape index (κ2) is 8.86. The molecule has 1 unspecified atom stereocenters. The van der Waals surface area contributed by atoms with Gasteiger partial charge in [0.2, 0.25) is 5.82 Å². The number of benzene rings is 2. The third-order valence-corrected chi connectivity index (χ3v) is 4.88. The largest absolute Gasteiger partial charge is 0.491 e. The van der Waals surface area contributed by atoms with Crippen LogP contribution in [0.2, 0.25) is 5.02 Å². The average molecular weight is 445 g/mol.